The average molecular weight is 253 g/mol. The zero-order valence-electron chi connectivity index (χ0n) is 10.1. The molecule has 0 saturated heterocycles. The molecule has 17 heavy (non-hydrogen) atoms. The summed E-state index contributed by atoms with van der Waals surface area (Å²) in [6.45, 7) is 3.88. The van der Waals surface area contributed by atoms with Crippen LogP contribution in [-0.2, 0) is 0 Å². The molecule has 3 N–H and O–H groups in total. The van der Waals surface area contributed by atoms with E-state index in [1.807, 2.05) is 13.8 Å². The molecule has 92 valence electrons. The molecule has 0 spiro atoms. The highest BCUT2D eigenvalue weighted by Gasteiger charge is 2.29. The maximum absolute atomic E-state index is 12.1. The quantitative estimate of drug-likeness (QED) is 0.813. The molecule has 1 aromatic rings. The van der Waals surface area contributed by atoms with Gasteiger partial charge in [0.2, 0.25) is 0 Å². The maximum atomic E-state index is 12.1. The van der Waals surface area contributed by atoms with Crippen LogP contribution >= 0.6 is 11.6 Å². The number of nitrogens with one attached hydrogen (secondary N) is 1. The minimum Gasteiger partial charge on any atom is -0.398 e. The molecule has 0 aromatic heterocycles. The van der Waals surface area contributed by atoms with Crippen LogP contribution in [0.3, 0.4) is 0 Å². The van der Waals surface area contributed by atoms with Crippen LogP contribution < -0.4 is 11.1 Å². The first kappa shape index (κ1) is 12.2. The molecule has 2 rings (SSSR count). The lowest BCUT2D eigenvalue weighted by Gasteiger charge is -2.15. The predicted octanol–water partition coefficient (Wildman–Crippen LogP) is 2.76. The van der Waals surface area contributed by atoms with Gasteiger partial charge in [-0.2, -0.15) is 0 Å². The minimum absolute atomic E-state index is 0.132. The Labute approximate surface area is 106 Å². The average Bonchev–Trinajstić information content (AvgIpc) is 3.06. The number of carbonyl (C=O) groups is 1. The molecule has 4 heteroatoms. The highest BCUT2D eigenvalue weighted by atomic mass is 35.5. The number of halogens is 1. The van der Waals surface area contributed by atoms with Gasteiger partial charge in [-0.1, -0.05) is 11.6 Å². The molecule has 1 aliphatic carbocycles. The van der Waals surface area contributed by atoms with E-state index >= 15 is 0 Å². The molecule has 1 aliphatic rings. The molecule has 3 nitrogen and oxygen atoms in total. The van der Waals surface area contributed by atoms with Gasteiger partial charge in [0, 0.05) is 16.8 Å². The first-order valence-electron chi connectivity index (χ1n) is 5.85. The largest absolute Gasteiger partial charge is 0.398 e. The minimum atomic E-state index is -0.132. The molecule has 0 bridgehead atoms. The van der Waals surface area contributed by atoms with Crippen LogP contribution in [0.15, 0.2) is 12.1 Å². The standard InChI is InChI=1S/C13H17ClN2O/c1-7-5-10(14)6-11(12(7)15)13(17)16-8(2)9-3-4-9/h5-6,8-9H,3-4,15H2,1-2H3,(H,16,17)/t8-/m0/s1. The van der Waals surface area contributed by atoms with E-state index in [0.29, 0.717) is 22.2 Å². The topological polar surface area (TPSA) is 55.1 Å². The number of nitrogen functional groups attached to an aromatic ring is 1. The van der Waals surface area contributed by atoms with Crippen LogP contribution in [0, 0.1) is 12.8 Å². The van der Waals surface area contributed by atoms with Crippen molar-refractivity contribution < 1.29 is 4.79 Å². The summed E-state index contributed by atoms with van der Waals surface area (Å²) in [5.74, 6) is 0.493. The first-order valence-corrected chi connectivity index (χ1v) is 6.23. The second-order valence-electron chi connectivity index (χ2n) is 4.78. The van der Waals surface area contributed by atoms with E-state index in [0.717, 1.165) is 5.56 Å². The Morgan fingerprint density at radius 3 is 2.76 bits per heavy atom. The van der Waals surface area contributed by atoms with Crippen molar-refractivity contribution >= 4 is 23.2 Å². The second-order valence-corrected chi connectivity index (χ2v) is 5.22. The summed E-state index contributed by atoms with van der Waals surface area (Å²) in [6.07, 6.45) is 2.40. The van der Waals surface area contributed by atoms with E-state index in [1.165, 1.54) is 12.8 Å². The van der Waals surface area contributed by atoms with Crippen LogP contribution in [-0.4, -0.2) is 11.9 Å². The van der Waals surface area contributed by atoms with Crippen molar-refractivity contribution in [1.82, 2.24) is 5.32 Å². The van der Waals surface area contributed by atoms with Gasteiger partial charge in [0.25, 0.3) is 5.91 Å². The number of hydrogen-bond donors (Lipinski definition) is 2. The van der Waals surface area contributed by atoms with Gasteiger partial charge >= 0.3 is 0 Å². The SMILES string of the molecule is Cc1cc(Cl)cc(C(=O)N[C@@H](C)C2CC2)c1N. The summed E-state index contributed by atoms with van der Waals surface area (Å²) in [7, 11) is 0. The number of benzene rings is 1. The van der Waals surface area contributed by atoms with Gasteiger partial charge in [0.15, 0.2) is 0 Å². The number of nitrogens with two attached hydrogens (primary N) is 1. The fourth-order valence-electron chi connectivity index (χ4n) is 1.94. The summed E-state index contributed by atoms with van der Waals surface area (Å²) in [5.41, 5.74) is 7.72. The number of carbonyl (C=O) groups excluding carboxylic acids is 1. The van der Waals surface area contributed by atoms with Crippen molar-refractivity contribution in [3.8, 4) is 0 Å². The summed E-state index contributed by atoms with van der Waals surface area (Å²) < 4.78 is 0. The Morgan fingerprint density at radius 1 is 1.53 bits per heavy atom. The molecule has 1 aromatic carbocycles. The van der Waals surface area contributed by atoms with Crippen LogP contribution in [0.5, 0.6) is 0 Å². The Morgan fingerprint density at radius 2 is 2.18 bits per heavy atom. The number of amides is 1. The lowest BCUT2D eigenvalue weighted by molar-refractivity contribution is 0.0936. The van der Waals surface area contributed by atoms with Crippen molar-refractivity contribution in [2.24, 2.45) is 5.92 Å². The van der Waals surface area contributed by atoms with Gasteiger partial charge in [-0.15, -0.1) is 0 Å². The third kappa shape index (κ3) is 2.72. The number of aryl methyl sites for hydroxylation is 1. The van der Waals surface area contributed by atoms with E-state index in [4.69, 9.17) is 17.3 Å². The highest BCUT2D eigenvalue weighted by Crippen LogP contribution is 2.32. The molecular weight excluding hydrogens is 236 g/mol. The van der Waals surface area contributed by atoms with Crippen LogP contribution in [0.25, 0.3) is 0 Å². The lowest BCUT2D eigenvalue weighted by Crippen LogP contribution is -2.34. The zero-order valence-corrected chi connectivity index (χ0v) is 10.8. The van der Waals surface area contributed by atoms with Crippen LogP contribution in [0.2, 0.25) is 5.02 Å². The molecule has 1 atom stereocenters. The number of hydrogen-bond acceptors (Lipinski definition) is 2. The monoisotopic (exact) mass is 252 g/mol. The van der Waals surface area contributed by atoms with E-state index in [9.17, 15) is 4.79 Å². The van der Waals surface area contributed by atoms with Gasteiger partial charge in [-0.25, -0.2) is 0 Å². The fourth-order valence-corrected chi connectivity index (χ4v) is 2.21. The van der Waals surface area contributed by atoms with Crippen molar-refractivity contribution in [2.45, 2.75) is 32.7 Å². The van der Waals surface area contributed by atoms with Crippen molar-refractivity contribution in [3.05, 3.63) is 28.3 Å². The molecule has 0 heterocycles. The summed E-state index contributed by atoms with van der Waals surface area (Å²) in [4.78, 5) is 12.1. The smallest absolute Gasteiger partial charge is 0.253 e. The van der Waals surface area contributed by atoms with Crippen molar-refractivity contribution in [3.63, 3.8) is 0 Å². The van der Waals surface area contributed by atoms with E-state index in [2.05, 4.69) is 5.32 Å². The predicted molar refractivity (Wildman–Crippen MR) is 70.3 cm³/mol. The third-order valence-corrected chi connectivity index (χ3v) is 3.50. The van der Waals surface area contributed by atoms with Gasteiger partial charge < -0.3 is 11.1 Å². The van der Waals surface area contributed by atoms with Gasteiger partial charge in [0.05, 0.1) is 5.56 Å². The highest BCUT2D eigenvalue weighted by molar-refractivity contribution is 6.31. The summed E-state index contributed by atoms with van der Waals surface area (Å²) >= 11 is 5.94. The third-order valence-electron chi connectivity index (χ3n) is 3.28. The lowest BCUT2D eigenvalue weighted by atomic mass is 10.1. The fraction of sp³-hybridized carbons (Fsp3) is 0.462. The molecular formula is C13H17ClN2O. The molecule has 0 aliphatic heterocycles. The Bertz CT molecular complexity index is 455. The normalized spacial score (nSPS) is 16.6. The Balaban J connectivity index is 2.17. The Kier molecular flexibility index (Phi) is 3.29. The molecule has 0 unspecified atom stereocenters. The zero-order chi connectivity index (χ0) is 12.6. The van der Waals surface area contributed by atoms with Gasteiger partial charge in [-0.3, -0.25) is 4.79 Å². The van der Waals surface area contributed by atoms with E-state index in [-0.39, 0.29) is 11.9 Å². The Hall–Kier alpha value is -1.22. The van der Waals surface area contributed by atoms with Crippen molar-refractivity contribution in [2.75, 3.05) is 5.73 Å². The van der Waals surface area contributed by atoms with E-state index in [1.54, 1.807) is 12.1 Å². The molecule has 1 fully saturated rings. The summed E-state index contributed by atoms with van der Waals surface area (Å²) in [6, 6.07) is 3.60. The van der Waals surface area contributed by atoms with Crippen LogP contribution in [0.4, 0.5) is 5.69 Å². The molecule has 0 radical (unpaired) electrons. The van der Waals surface area contributed by atoms with Crippen LogP contribution in [0.1, 0.15) is 35.7 Å². The molecule has 1 saturated carbocycles. The second kappa shape index (κ2) is 4.57. The summed E-state index contributed by atoms with van der Waals surface area (Å²) in [5, 5.41) is 3.52. The van der Waals surface area contributed by atoms with E-state index < -0.39 is 0 Å². The van der Waals surface area contributed by atoms with Gasteiger partial charge in [0.1, 0.15) is 0 Å². The molecule has 1 amide bonds. The first-order chi connectivity index (χ1) is 7.99. The number of anilines is 1. The number of rotatable bonds is 3. The maximum Gasteiger partial charge on any atom is 0.253 e. The van der Waals surface area contributed by atoms with Crippen molar-refractivity contribution in [1.29, 1.82) is 0 Å². The van der Waals surface area contributed by atoms with Gasteiger partial charge in [-0.05, 0) is 50.3 Å².